The van der Waals surface area contributed by atoms with Gasteiger partial charge < -0.3 is 15.3 Å². The Morgan fingerprint density at radius 3 is 0.972 bits per heavy atom. The molecule has 0 atom stereocenters. The van der Waals surface area contributed by atoms with E-state index in [4.69, 9.17) is 0 Å². The molecule has 0 aliphatic rings. The van der Waals surface area contributed by atoms with Crippen molar-refractivity contribution in [1.82, 2.24) is 15.0 Å². The van der Waals surface area contributed by atoms with Crippen LogP contribution in [0.5, 0.6) is 17.2 Å². The van der Waals surface area contributed by atoms with Crippen molar-refractivity contribution in [3.8, 4) is 17.2 Å². The van der Waals surface area contributed by atoms with Gasteiger partial charge in [-0.3, -0.25) is 30.3 Å². The van der Waals surface area contributed by atoms with Crippen molar-refractivity contribution in [2.45, 2.75) is 0 Å². The highest BCUT2D eigenvalue weighted by molar-refractivity contribution is 6.08. The summed E-state index contributed by atoms with van der Waals surface area (Å²) in [4.78, 5) is 49.8. The third-order valence-corrected chi connectivity index (χ3v) is 4.76. The van der Waals surface area contributed by atoms with Gasteiger partial charge in [0.05, 0.1) is 16.7 Å². The van der Waals surface area contributed by atoms with E-state index in [1.165, 1.54) is 72.8 Å². The van der Waals surface area contributed by atoms with Crippen molar-refractivity contribution < 1.29 is 29.7 Å². The first kappa shape index (κ1) is 23.6. The topological polar surface area (TPSA) is 187 Å². The molecule has 0 saturated carbocycles. The zero-order valence-electron chi connectivity index (χ0n) is 18.3. The minimum atomic E-state index is -0.768. The summed E-state index contributed by atoms with van der Waals surface area (Å²) in [5, 5.41) is 36.9. The van der Waals surface area contributed by atoms with Crippen LogP contribution >= 0.6 is 0 Å². The number of hydrogen-bond acceptors (Lipinski definition) is 9. The van der Waals surface area contributed by atoms with Gasteiger partial charge in [-0.15, -0.1) is 0 Å². The summed E-state index contributed by atoms with van der Waals surface area (Å²) >= 11 is 0. The fraction of sp³-hybridized carbons (Fsp3) is 0. The molecule has 3 aromatic carbocycles. The molecule has 0 aliphatic carbocycles. The molecule has 3 amide bonds. The van der Waals surface area contributed by atoms with Crippen LogP contribution in [0.1, 0.15) is 31.1 Å². The Hall–Kier alpha value is -5.52. The number of phenolic OH excluding ortho intramolecular Hbond substituents is 3. The number of carbonyl (C=O) groups excluding carboxylic acids is 3. The minimum absolute atomic E-state index is 0.0718. The Kier molecular flexibility index (Phi) is 6.68. The Morgan fingerprint density at radius 1 is 0.472 bits per heavy atom. The van der Waals surface area contributed by atoms with Crippen LogP contribution in [0.3, 0.4) is 0 Å². The van der Waals surface area contributed by atoms with Gasteiger partial charge in [-0.2, -0.15) is 15.0 Å². The van der Waals surface area contributed by atoms with Crippen LogP contribution in [-0.4, -0.2) is 48.0 Å². The number of nitrogens with one attached hydrogen (secondary N) is 3. The Balaban J connectivity index is 1.65. The molecule has 0 unspecified atom stereocenters. The lowest BCUT2D eigenvalue weighted by Crippen LogP contribution is -2.21. The molecule has 6 N–H and O–H groups in total. The average Bonchev–Trinajstić information content (AvgIpc) is 2.84. The molecule has 4 aromatic rings. The largest absolute Gasteiger partial charge is 0.507 e. The third-order valence-electron chi connectivity index (χ3n) is 4.76. The first-order chi connectivity index (χ1) is 17.3. The molecule has 0 saturated heterocycles. The number of rotatable bonds is 6. The molecule has 4 rings (SSSR count). The number of para-hydroxylation sites is 3. The monoisotopic (exact) mass is 486 g/mol. The summed E-state index contributed by atoms with van der Waals surface area (Å²) < 4.78 is 0. The van der Waals surface area contributed by atoms with E-state index >= 15 is 0 Å². The van der Waals surface area contributed by atoms with E-state index in [-0.39, 0.29) is 51.8 Å². The van der Waals surface area contributed by atoms with Gasteiger partial charge in [-0.05, 0) is 36.4 Å². The zero-order chi connectivity index (χ0) is 25.7. The van der Waals surface area contributed by atoms with Crippen LogP contribution in [0.4, 0.5) is 17.8 Å². The van der Waals surface area contributed by atoms with Gasteiger partial charge in [-0.1, -0.05) is 36.4 Å². The number of hydrogen-bond donors (Lipinski definition) is 6. The number of aromatic nitrogens is 3. The number of carbonyl (C=O) groups is 3. The van der Waals surface area contributed by atoms with Crippen molar-refractivity contribution in [3.05, 3.63) is 89.5 Å². The quantitative estimate of drug-likeness (QED) is 0.238. The van der Waals surface area contributed by atoms with Gasteiger partial charge in [0.1, 0.15) is 17.2 Å². The summed E-state index contributed by atoms with van der Waals surface area (Å²) in [6, 6.07) is 17.3. The van der Waals surface area contributed by atoms with E-state index in [1.54, 1.807) is 0 Å². The number of anilines is 3. The Bertz CT molecular complexity index is 1290. The standard InChI is InChI=1S/C24H18N6O6/c31-16-10-4-1-7-13(16)19(34)25-22-28-23(26-20(35)14-8-2-5-11-17(14)32)30-24(29-22)27-21(36)15-9-3-6-12-18(15)33/h1-12,31-33H,(H3,25,26,27,28,29,30,34,35,36). The normalized spacial score (nSPS) is 10.3. The zero-order valence-corrected chi connectivity index (χ0v) is 18.3. The van der Waals surface area contributed by atoms with Gasteiger partial charge in [0, 0.05) is 0 Å². The maximum Gasteiger partial charge on any atom is 0.261 e. The molecule has 1 heterocycles. The Morgan fingerprint density at radius 2 is 0.722 bits per heavy atom. The van der Waals surface area contributed by atoms with E-state index in [9.17, 15) is 29.7 Å². The second-order valence-electron chi connectivity index (χ2n) is 7.22. The first-order valence-electron chi connectivity index (χ1n) is 10.4. The number of aromatic hydroxyl groups is 3. The lowest BCUT2D eigenvalue weighted by molar-refractivity contribution is 0.101. The molecule has 0 radical (unpaired) electrons. The average molecular weight is 486 g/mol. The number of nitrogens with zero attached hydrogens (tertiary/aromatic N) is 3. The van der Waals surface area contributed by atoms with E-state index in [0.717, 1.165) is 0 Å². The number of phenols is 3. The molecule has 0 aliphatic heterocycles. The molecule has 0 spiro atoms. The summed E-state index contributed by atoms with van der Waals surface area (Å²) in [5.41, 5.74) is -0.215. The van der Waals surface area contributed by atoms with E-state index in [0.29, 0.717) is 0 Å². The SMILES string of the molecule is O=C(Nc1nc(NC(=O)c2ccccc2O)nc(NC(=O)c2ccccc2O)n1)c1ccccc1O. The summed E-state index contributed by atoms with van der Waals surface area (Å²) in [6.45, 7) is 0. The first-order valence-corrected chi connectivity index (χ1v) is 10.4. The van der Waals surface area contributed by atoms with Crippen LogP contribution in [0.25, 0.3) is 0 Å². The summed E-state index contributed by atoms with van der Waals surface area (Å²) in [5.74, 6) is -4.25. The van der Waals surface area contributed by atoms with Crippen molar-refractivity contribution in [1.29, 1.82) is 0 Å². The number of amides is 3. The molecular weight excluding hydrogens is 468 g/mol. The maximum absolute atomic E-state index is 12.6. The lowest BCUT2D eigenvalue weighted by atomic mass is 10.2. The van der Waals surface area contributed by atoms with Crippen LogP contribution in [-0.2, 0) is 0 Å². The van der Waals surface area contributed by atoms with E-state index < -0.39 is 17.7 Å². The van der Waals surface area contributed by atoms with E-state index in [1.807, 2.05) is 0 Å². The van der Waals surface area contributed by atoms with Crippen molar-refractivity contribution in [2.75, 3.05) is 16.0 Å². The summed E-state index contributed by atoms with van der Waals surface area (Å²) in [7, 11) is 0. The highest BCUT2D eigenvalue weighted by atomic mass is 16.3. The molecule has 12 nitrogen and oxygen atoms in total. The second-order valence-corrected chi connectivity index (χ2v) is 7.22. The molecule has 0 fully saturated rings. The molecule has 36 heavy (non-hydrogen) atoms. The molecule has 1 aromatic heterocycles. The van der Waals surface area contributed by atoms with Crippen LogP contribution < -0.4 is 16.0 Å². The second kappa shape index (κ2) is 10.2. The van der Waals surface area contributed by atoms with Crippen molar-refractivity contribution >= 4 is 35.6 Å². The minimum Gasteiger partial charge on any atom is -0.507 e. The predicted octanol–water partition coefficient (Wildman–Crippen LogP) is 2.75. The van der Waals surface area contributed by atoms with Gasteiger partial charge in [0.25, 0.3) is 17.7 Å². The lowest BCUT2D eigenvalue weighted by Gasteiger charge is -2.11. The van der Waals surface area contributed by atoms with Gasteiger partial charge in [0.15, 0.2) is 0 Å². The van der Waals surface area contributed by atoms with Crippen LogP contribution in [0.2, 0.25) is 0 Å². The number of benzene rings is 3. The smallest absolute Gasteiger partial charge is 0.261 e. The fourth-order valence-corrected chi connectivity index (χ4v) is 3.05. The molecule has 0 bridgehead atoms. The molecule has 12 heteroatoms. The van der Waals surface area contributed by atoms with Crippen LogP contribution in [0.15, 0.2) is 72.8 Å². The highest BCUT2D eigenvalue weighted by Gasteiger charge is 2.19. The third kappa shape index (κ3) is 5.34. The van der Waals surface area contributed by atoms with Crippen LogP contribution in [0, 0.1) is 0 Å². The van der Waals surface area contributed by atoms with Crippen molar-refractivity contribution in [3.63, 3.8) is 0 Å². The van der Waals surface area contributed by atoms with Crippen molar-refractivity contribution in [2.24, 2.45) is 0 Å². The van der Waals surface area contributed by atoms with Gasteiger partial charge in [0.2, 0.25) is 17.8 Å². The maximum atomic E-state index is 12.6. The fourth-order valence-electron chi connectivity index (χ4n) is 3.05. The van der Waals surface area contributed by atoms with Gasteiger partial charge >= 0.3 is 0 Å². The molecule has 180 valence electrons. The highest BCUT2D eigenvalue weighted by Crippen LogP contribution is 2.21. The Labute approximate surface area is 203 Å². The molecular formula is C24H18N6O6. The summed E-state index contributed by atoms with van der Waals surface area (Å²) in [6.07, 6.45) is 0. The van der Waals surface area contributed by atoms with E-state index in [2.05, 4.69) is 30.9 Å². The predicted molar refractivity (Wildman–Crippen MR) is 128 cm³/mol. The van der Waals surface area contributed by atoms with Gasteiger partial charge in [-0.25, -0.2) is 0 Å².